The maximum absolute atomic E-state index is 9.70. The largest absolute Gasteiger partial charge is 0.457 e. The molecule has 0 fully saturated rings. The first-order chi connectivity index (χ1) is 13.8. The van der Waals surface area contributed by atoms with Gasteiger partial charge in [0.1, 0.15) is 17.6 Å². The molecule has 2 aromatic carbocycles. The summed E-state index contributed by atoms with van der Waals surface area (Å²) in [6.45, 7) is 0. The quantitative estimate of drug-likeness (QED) is 0.496. The van der Waals surface area contributed by atoms with Gasteiger partial charge in [-0.2, -0.15) is 5.26 Å². The minimum atomic E-state index is 0.395. The van der Waals surface area contributed by atoms with Crippen molar-refractivity contribution in [1.82, 2.24) is 4.98 Å². The van der Waals surface area contributed by atoms with Crippen molar-refractivity contribution in [3.05, 3.63) is 95.2 Å². The van der Waals surface area contributed by atoms with Crippen molar-refractivity contribution in [2.24, 2.45) is 0 Å². The van der Waals surface area contributed by atoms with Crippen molar-refractivity contribution in [2.75, 3.05) is 0 Å². The Morgan fingerprint density at radius 2 is 1.75 bits per heavy atom. The van der Waals surface area contributed by atoms with E-state index in [4.69, 9.17) is 16.3 Å². The molecular formula is C24H17ClN2O. The highest BCUT2D eigenvalue weighted by Crippen LogP contribution is 2.35. The third kappa shape index (κ3) is 3.69. The van der Waals surface area contributed by atoms with E-state index >= 15 is 0 Å². The number of nitrogens with zero attached hydrogens (tertiary/aromatic N) is 2. The van der Waals surface area contributed by atoms with E-state index in [-0.39, 0.29) is 0 Å². The van der Waals surface area contributed by atoms with Gasteiger partial charge in [-0.05, 0) is 54.8 Å². The van der Waals surface area contributed by atoms with Gasteiger partial charge in [0.15, 0.2) is 0 Å². The molecule has 0 saturated carbocycles. The summed E-state index contributed by atoms with van der Waals surface area (Å²) in [6, 6.07) is 19.3. The number of aromatic nitrogens is 1. The zero-order valence-electron chi connectivity index (χ0n) is 15.1. The van der Waals surface area contributed by atoms with Crippen LogP contribution in [0.4, 0.5) is 0 Å². The normalized spacial score (nSPS) is 12.9. The number of halogens is 1. The summed E-state index contributed by atoms with van der Waals surface area (Å²) in [6.07, 6.45) is 9.78. The van der Waals surface area contributed by atoms with Gasteiger partial charge < -0.3 is 4.74 Å². The molecule has 0 saturated heterocycles. The number of ether oxygens (including phenoxy) is 1. The Morgan fingerprint density at radius 1 is 1.00 bits per heavy atom. The van der Waals surface area contributed by atoms with Crippen LogP contribution < -0.4 is 4.74 Å². The van der Waals surface area contributed by atoms with Gasteiger partial charge in [-0.3, -0.25) is 4.98 Å². The zero-order valence-corrected chi connectivity index (χ0v) is 15.9. The lowest BCUT2D eigenvalue weighted by Crippen LogP contribution is -1.97. The number of rotatable bonds is 4. The van der Waals surface area contributed by atoms with E-state index < -0.39 is 0 Å². The summed E-state index contributed by atoms with van der Waals surface area (Å²) in [5.41, 5.74) is 3.73. The molecule has 0 spiro atoms. The molecule has 4 rings (SSSR count). The molecule has 1 aromatic heterocycles. The minimum Gasteiger partial charge on any atom is -0.457 e. The van der Waals surface area contributed by atoms with Crippen LogP contribution in [0.15, 0.2) is 79.0 Å². The molecule has 4 heteroatoms. The SMILES string of the molecule is N#Cc1c(-c2ccc(Oc3ccccc3)cc2)ncc(C2=CC=CCC2)c1Cl. The molecule has 0 N–H and O–H groups in total. The van der Waals surface area contributed by atoms with Crippen LogP contribution in [0.1, 0.15) is 24.0 Å². The highest BCUT2D eigenvalue weighted by Gasteiger charge is 2.17. The highest BCUT2D eigenvalue weighted by atomic mass is 35.5. The fraction of sp³-hybridized carbons (Fsp3) is 0.0833. The number of hydrogen-bond donors (Lipinski definition) is 0. The van der Waals surface area contributed by atoms with Gasteiger partial charge in [0, 0.05) is 17.3 Å². The van der Waals surface area contributed by atoms with Crippen molar-refractivity contribution < 1.29 is 4.74 Å². The van der Waals surface area contributed by atoms with E-state index in [2.05, 4.69) is 17.1 Å². The standard InChI is InChI=1S/C24H17ClN2O/c25-23-21(15-26)24(27-16-22(23)17-7-3-1-4-8-17)18-11-13-20(14-12-18)28-19-9-5-2-6-10-19/h1-3,5-7,9-14,16H,4,8H2. The van der Waals surface area contributed by atoms with Gasteiger partial charge in [0.25, 0.3) is 0 Å². The van der Waals surface area contributed by atoms with E-state index in [0.717, 1.165) is 41.0 Å². The Labute approximate surface area is 169 Å². The highest BCUT2D eigenvalue weighted by molar-refractivity contribution is 6.34. The monoisotopic (exact) mass is 384 g/mol. The number of hydrogen-bond acceptors (Lipinski definition) is 3. The molecule has 0 amide bonds. The van der Waals surface area contributed by atoms with Gasteiger partial charge >= 0.3 is 0 Å². The first-order valence-electron chi connectivity index (χ1n) is 9.04. The van der Waals surface area contributed by atoms with Gasteiger partial charge in [-0.25, -0.2) is 0 Å². The Hall–Kier alpha value is -3.35. The molecule has 0 aliphatic heterocycles. The second kappa shape index (κ2) is 8.12. The Bertz CT molecular complexity index is 1090. The summed E-state index contributed by atoms with van der Waals surface area (Å²) in [5, 5.41) is 10.2. The smallest absolute Gasteiger partial charge is 0.127 e. The van der Waals surface area contributed by atoms with Gasteiger partial charge in [-0.1, -0.05) is 48.0 Å². The molecule has 0 radical (unpaired) electrons. The zero-order chi connectivity index (χ0) is 19.3. The molecule has 1 heterocycles. The number of allylic oxidation sites excluding steroid dienone is 4. The molecule has 0 bridgehead atoms. The number of benzene rings is 2. The molecule has 28 heavy (non-hydrogen) atoms. The number of nitriles is 1. The van der Waals surface area contributed by atoms with Crippen LogP contribution in [0.5, 0.6) is 11.5 Å². The molecule has 0 atom stereocenters. The van der Waals surface area contributed by atoms with Crippen molar-refractivity contribution in [3.63, 3.8) is 0 Å². The van der Waals surface area contributed by atoms with Gasteiger partial charge in [0.05, 0.1) is 16.3 Å². The Balaban J connectivity index is 1.65. The van der Waals surface area contributed by atoms with Crippen LogP contribution in [-0.4, -0.2) is 4.98 Å². The van der Waals surface area contributed by atoms with E-state index in [0.29, 0.717) is 16.3 Å². The van der Waals surface area contributed by atoms with E-state index in [9.17, 15) is 5.26 Å². The number of pyridine rings is 1. The Morgan fingerprint density at radius 3 is 2.43 bits per heavy atom. The third-order valence-corrected chi connectivity index (χ3v) is 4.99. The van der Waals surface area contributed by atoms with Crippen LogP contribution in [0.2, 0.25) is 5.02 Å². The average Bonchev–Trinajstić information content (AvgIpc) is 2.75. The minimum absolute atomic E-state index is 0.395. The number of para-hydroxylation sites is 1. The van der Waals surface area contributed by atoms with Crippen LogP contribution in [0.3, 0.4) is 0 Å². The van der Waals surface area contributed by atoms with Crippen LogP contribution >= 0.6 is 11.6 Å². The Kier molecular flexibility index (Phi) is 5.23. The van der Waals surface area contributed by atoms with Crippen molar-refractivity contribution in [3.8, 4) is 28.8 Å². The van der Waals surface area contributed by atoms with Gasteiger partial charge in [-0.15, -0.1) is 0 Å². The predicted molar refractivity (Wildman–Crippen MR) is 112 cm³/mol. The maximum atomic E-state index is 9.70. The predicted octanol–water partition coefficient (Wildman–Crippen LogP) is 6.80. The fourth-order valence-corrected chi connectivity index (χ4v) is 3.47. The molecule has 136 valence electrons. The summed E-state index contributed by atoms with van der Waals surface area (Å²) in [4.78, 5) is 4.56. The van der Waals surface area contributed by atoms with E-state index in [1.807, 2.05) is 66.7 Å². The van der Waals surface area contributed by atoms with Crippen molar-refractivity contribution in [2.45, 2.75) is 12.8 Å². The van der Waals surface area contributed by atoms with E-state index in [1.165, 1.54) is 0 Å². The summed E-state index contributed by atoms with van der Waals surface area (Å²) < 4.78 is 5.82. The van der Waals surface area contributed by atoms with Crippen molar-refractivity contribution in [1.29, 1.82) is 5.26 Å². The van der Waals surface area contributed by atoms with E-state index in [1.54, 1.807) is 6.20 Å². The second-order valence-electron chi connectivity index (χ2n) is 6.42. The van der Waals surface area contributed by atoms with Crippen LogP contribution in [0.25, 0.3) is 16.8 Å². The summed E-state index contributed by atoms with van der Waals surface area (Å²) in [7, 11) is 0. The van der Waals surface area contributed by atoms with Crippen molar-refractivity contribution >= 4 is 17.2 Å². The topological polar surface area (TPSA) is 45.9 Å². The lowest BCUT2D eigenvalue weighted by molar-refractivity contribution is 0.483. The maximum Gasteiger partial charge on any atom is 0.127 e. The average molecular weight is 385 g/mol. The molecule has 3 aromatic rings. The molecule has 1 aliphatic rings. The molecular weight excluding hydrogens is 368 g/mol. The molecule has 3 nitrogen and oxygen atoms in total. The second-order valence-corrected chi connectivity index (χ2v) is 6.80. The summed E-state index contributed by atoms with van der Waals surface area (Å²) in [5.74, 6) is 1.49. The van der Waals surface area contributed by atoms with Crippen LogP contribution in [0, 0.1) is 11.3 Å². The first-order valence-corrected chi connectivity index (χ1v) is 9.42. The third-order valence-electron chi connectivity index (χ3n) is 4.59. The van der Waals surface area contributed by atoms with Crippen LogP contribution in [-0.2, 0) is 0 Å². The first kappa shape index (κ1) is 18.0. The fourth-order valence-electron chi connectivity index (χ4n) is 3.17. The lowest BCUT2D eigenvalue weighted by Gasteiger charge is -2.14. The van der Waals surface area contributed by atoms with Gasteiger partial charge in [0.2, 0.25) is 0 Å². The summed E-state index contributed by atoms with van der Waals surface area (Å²) >= 11 is 6.58. The molecule has 1 aliphatic carbocycles. The molecule has 0 unspecified atom stereocenters. The lowest BCUT2D eigenvalue weighted by atomic mass is 9.96.